The minimum atomic E-state index is -3.66. The van der Waals surface area contributed by atoms with Gasteiger partial charge in [-0.1, -0.05) is 25.1 Å². The third-order valence-corrected chi connectivity index (χ3v) is 5.71. The number of amides is 1. The summed E-state index contributed by atoms with van der Waals surface area (Å²) in [6.07, 6.45) is 1.54. The van der Waals surface area contributed by atoms with Gasteiger partial charge in [0.1, 0.15) is 11.8 Å². The zero-order valence-corrected chi connectivity index (χ0v) is 19.4. The van der Waals surface area contributed by atoms with Crippen molar-refractivity contribution < 1.29 is 17.9 Å². The molecule has 30 heavy (non-hydrogen) atoms. The molecule has 2 aromatic carbocycles. The number of carbonyl (C=O) groups is 1. The maximum Gasteiger partial charge on any atom is 0.244 e. The molecule has 2 rings (SSSR count). The highest BCUT2D eigenvalue weighted by Gasteiger charge is 2.31. The first-order chi connectivity index (χ1) is 14.0. The normalized spacial score (nSPS) is 12.5. The highest BCUT2D eigenvalue weighted by atomic mass is 32.2. The molecule has 6 nitrogen and oxygen atoms in total. The van der Waals surface area contributed by atoms with Crippen LogP contribution in [0.3, 0.4) is 0 Å². The summed E-state index contributed by atoms with van der Waals surface area (Å²) in [4.78, 5) is 13.0. The molecule has 0 saturated carbocycles. The minimum Gasteiger partial charge on any atom is -0.491 e. The molecule has 0 fully saturated rings. The molecule has 0 spiro atoms. The van der Waals surface area contributed by atoms with E-state index in [2.05, 4.69) is 5.32 Å². The lowest BCUT2D eigenvalue weighted by atomic mass is 10.1. The first kappa shape index (κ1) is 23.7. The average molecular weight is 433 g/mol. The second-order valence-corrected chi connectivity index (χ2v) is 9.72. The van der Waals surface area contributed by atoms with Gasteiger partial charge in [0.25, 0.3) is 0 Å². The molecule has 0 aliphatic heterocycles. The largest absolute Gasteiger partial charge is 0.491 e. The maximum atomic E-state index is 13.0. The van der Waals surface area contributed by atoms with Crippen LogP contribution in [-0.2, 0) is 21.4 Å². The lowest BCUT2D eigenvalue weighted by molar-refractivity contribution is -0.122. The molecular weight excluding hydrogens is 400 g/mol. The summed E-state index contributed by atoms with van der Waals surface area (Å²) >= 11 is 0. The Morgan fingerprint density at radius 1 is 1.10 bits per heavy atom. The van der Waals surface area contributed by atoms with Crippen LogP contribution in [0.5, 0.6) is 5.75 Å². The standard InChI is InChI=1S/C23H32N2O4S/c1-7-22(25(30(6,27)28)20-12-17(4)11-18(5)13-20)23(26)24-15-19-9-8-10-21(14-19)29-16(2)3/h8-14,16,22H,7,15H2,1-6H3,(H,24,26)/t22-/m1/s1. The fraction of sp³-hybridized carbons (Fsp3) is 0.435. The lowest BCUT2D eigenvalue weighted by Crippen LogP contribution is -2.49. The third kappa shape index (κ3) is 6.49. The summed E-state index contributed by atoms with van der Waals surface area (Å²) in [5.41, 5.74) is 3.27. The summed E-state index contributed by atoms with van der Waals surface area (Å²) < 4.78 is 32.1. The number of rotatable bonds is 9. The Kier molecular flexibility index (Phi) is 7.89. The van der Waals surface area contributed by atoms with Crippen molar-refractivity contribution in [2.45, 2.75) is 59.7 Å². The van der Waals surface area contributed by atoms with Gasteiger partial charge in [-0.05, 0) is 75.1 Å². The summed E-state index contributed by atoms with van der Waals surface area (Å²) in [6.45, 7) is 9.81. The van der Waals surface area contributed by atoms with E-state index in [1.807, 2.05) is 65.0 Å². The van der Waals surface area contributed by atoms with Crippen LogP contribution in [0.15, 0.2) is 42.5 Å². The molecule has 0 bridgehead atoms. The molecule has 0 saturated heterocycles. The number of anilines is 1. The number of nitrogens with one attached hydrogen (secondary N) is 1. The first-order valence-electron chi connectivity index (χ1n) is 10.1. The first-order valence-corrected chi connectivity index (χ1v) is 12.0. The van der Waals surface area contributed by atoms with Gasteiger partial charge in [-0.3, -0.25) is 9.10 Å². The van der Waals surface area contributed by atoms with Crippen LogP contribution in [0.1, 0.15) is 43.9 Å². The number of sulfonamides is 1. The lowest BCUT2D eigenvalue weighted by Gasteiger charge is -2.30. The second kappa shape index (κ2) is 9.98. The van der Waals surface area contributed by atoms with Crippen molar-refractivity contribution in [1.82, 2.24) is 5.32 Å². The van der Waals surface area contributed by atoms with E-state index in [1.54, 1.807) is 12.1 Å². The van der Waals surface area contributed by atoms with E-state index in [-0.39, 0.29) is 18.6 Å². The molecule has 0 aromatic heterocycles. The molecule has 0 aliphatic carbocycles. The predicted octanol–water partition coefficient (Wildman–Crippen LogP) is 3.95. The van der Waals surface area contributed by atoms with Gasteiger partial charge in [-0.25, -0.2) is 8.42 Å². The Balaban J connectivity index is 2.24. The highest BCUT2D eigenvalue weighted by Crippen LogP contribution is 2.25. The third-order valence-electron chi connectivity index (χ3n) is 4.53. The van der Waals surface area contributed by atoms with Crippen molar-refractivity contribution in [2.24, 2.45) is 0 Å². The van der Waals surface area contributed by atoms with Crippen LogP contribution in [0.2, 0.25) is 0 Å². The van der Waals surface area contributed by atoms with Gasteiger partial charge in [0.05, 0.1) is 18.0 Å². The molecule has 0 unspecified atom stereocenters. The SMILES string of the molecule is CC[C@H](C(=O)NCc1cccc(OC(C)C)c1)N(c1cc(C)cc(C)c1)S(C)(=O)=O. The molecule has 1 amide bonds. The van der Waals surface area contributed by atoms with Crippen molar-refractivity contribution in [3.8, 4) is 5.75 Å². The van der Waals surface area contributed by atoms with Crippen LogP contribution in [0.4, 0.5) is 5.69 Å². The van der Waals surface area contributed by atoms with Gasteiger partial charge in [-0.2, -0.15) is 0 Å². The number of carbonyl (C=O) groups excluding carboxylic acids is 1. The summed E-state index contributed by atoms with van der Waals surface area (Å²) in [6, 6.07) is 12.2. The number of hydrogen-bond donors (Lipinski definition) is 1. The van der Waals surface area contributed by atoms with E-state index >= 15 is 0 Å². The average Bonchev–Trinajstić information content (AvgIpc) is 2.61. The van der Waals surface area contributed by atoms with Crippen LogP contribution >= 0.6 is 0 Å². The molecule has 1 atom stereocenters. The summed E-state index contributed by atoms with van der Waals surface area (Å²) in [5, 5.41) is 2.88. The van der Waals surface area contributed by atoms with Crippen LogP contribution in [0.25, 0.3) is 0 Å². The number of ether oxygens (including phenoxy) is 1. The fourth-order valence-corrected chi connectivity index (χ4v) is 4.64. The molecule has 7 heteroatoms. The molecule has 0 aliphatic rings. The fourth-order valence-electron chi connectivity index (χ4n) is 3.45. The van der Waals surface area contributed by atoms with Gasteiger partial charge < -0.3 is 10.1 Å². The highest BCUT2D eigenvalue weighted by molar-refractivity contribution is 7.92. The Labute approximate surface area is 180 Å². The van der Waals surface area contributed by atoms with E-state index < -0.39 is 16.1 Å². The molecule has 0 heterocycles. The smallest absolute Gasteiger partial charge is 0.244 e. The topological polar surface area (TPSA) is 75.7 Å². The van der Waals surface area contributed by atoms with Crippen LogP contribution < -0.4 is 14.4 Å². The van der Waals surface area contributed by atoms with Crippen LogP contribution in [-0.4, -0.2) is 32.7 Å². The maximum absolute atomic E-state index is 13.0. The van der Waals surface area contributed by atoms with Crippen molar-refractivity contribution in [3.05, 3.63) is 59.2 Å². The van der Waals surface area contributed by atoms with Crippen molar-refractivity contribution in [2.75, 3.05) is 10.6 Å². The molecule has 1 N–H and O–H groups in total. The number of aryl methyl sites for hydroxylation is 2. The van der Waals surface area contributed by atoms with Gasteiger partial charge in [0, 0.05) is 6.54 Å². The number of nitrogens with zero attached hydrogens (tertiary/aromatic N) is 1. The summed E-state index contributed by atoms with van der Waals surface area (Å²) in [7, 11) is -3.66. The molecular formula is C23H32N2O4S. The summed E-state index contributed by atoms with van der Waals surface area (Å²) in [5.74, 6) is 0.397. The Morgan fingerprint density at radius 3 is 2.27 bits per heavy atom. The van der Waals surface area contributed by atoms with E-state index in [4.69, 9.17) is 4.74 Å². The van der Waals surface area contributed by atoms with E-state index in [9.17, 15) is 13.2 Å². The Bertz CT molecular complexity index is 966. The second-order valence-electron chi connectivity index (χ2n) is 7.86. The minimum absolute atomic E-state index is 0.0559. The Hall–Kier alpha value is -2.54. The molecule has 2 aromatic rings. The molecule has 164 valence electrons. The van der Waals surface area contributed by atoms with Gasteiger partial charge >= 0.3 is 0 Å². The van der Waals surface area contributed by atoms with E-state index in [0.29, 0.717) is 12.1 Å². The predicted molar refractivity (Wildman–Crippen MR) is 121 cm³/mol. The van der Waals surface area contributed by atoms with Gasteiger partial charge in [0.15, 0.2) is 0 Å². The zero-order chi connectivity index (χ0) is 22.5. The zero-order valence-electron chi connectivity index (χ0n) is 18.6. The monoisotopic (exact) mass is 432 g/mol. The van der Waals surface area contributed by atoms with Crippen molar-refractivity contribution in [3.63, 3.8) is 0 Å². The van der Waals surface area contributed by atoms with Gasteiger partial charge in [0.2, 0.25) is 15.9 Å². The quantitative estimate of drug-likeness (QED) is 0.651. The number of hydrogen-bond acceptors (Lipinski definition) is 4. The van der Waals surface area contributed by atoms with Crippen molar-refractivity contribution >= 4 is 21.6 Å². The molecule has 0 radical (unpaired) electrons. The van der Waals surface area contributed by atoms with Crippen LogP contribution in [0, 0.1) is 13.8 Å². The Morgan fingerprint density at radius 2 is 1.73 bits per heavy atom. The van der Waals surface area contributed by atoms with Gasteiger partial charge in [-0.15, -0.1) is 0 Å². The van der Waals surface area contributed by atoms with Crippen molar-refractivity contribution in [1.29, 1.82) is 0 Å². The van der Waals surface area contributed by atoms with E-state index in [1.165, 1.54) is 4.31 Å². The number of benzene rings is 2. The van der Waals surface area contributed by atoms with E-state index in [0.717, 1.165) is 28.7 Å².